The standard InChI is InChI=1S/C23H40N2O6/c1-15(2)24-21(29)31-19-7-8-22(3)16(13-20(28)25-9-11-30-12-10-25)17(27)5-6-18(22)23(19,4)14-26/h15-19,26-27H,5-14H2,1-4H3,(H,24,29)/t16-,17-,18-,19-,22+,23+/m1/s1. The van der Waals surface area contributed by atoms with Crippen molar-refractivity contribution in [2.24, 2.45) is 22.7 Å². The average molecular weight is 441 g/mol. The minimum atomic E-state index is -0.623. The molecule has 6 atom stereocenters. The van der Waals surface area contributed by atoms with Gasteiger partial charge in [-0.2, -0.15) is 0 Å². The summed E-state index contributed by atoms with van der Waals surface area (Å²) >= 11 is 0. The lowest BCUT2D eigenvalue weighted by molar-refractivity contribution is -0.187. The number of alkyl carbamates (subject to hydrolysis) is 1. The van der Waals surface area contributed by atoms with Gasteiger partial charge in [0.1, 0.15) is 6.10 Å². The maximum atomic E-state index is 13.0. The SMILES string of the molecule is CC(C)NC(=O)O[C@@H]1CC[C@]2(C)[C@@H](CC[C@@H](O)[C@H]2CC(=O)N2CCOCC2)[C@]1(C)CO. The Morgan fingerprint density at radius 1 is 1.19 bits per heavy atom. The van der Waals surface area contributed by atoms with Crippen LogP contribution in [0.15, 0.2) is 0 Å². The van der Waals surface area contributed by atoms with Gasteiger partial charge in [0.15, 0.2) is 0 Å². The number of carbonyl (C=O) groups excluding carboxylic acids is 2. The van der Waals surface area contributed by atoms with E-state index in [9.17, 15) is 19.8 Å². The van der Waals surface area contributed by atoms with Crippen LogP contribution in [0.3, 0.4) is 0 Å². The topological polar surface area (TPSA) is 108 Å². The quantitative estimate of drug-likeness (QED) is 0.603. The van der Waals surface area contributed by atoms with Crippen molar-refractivity contribution in [3.63, 3.8) is 0 Å². The fourth-order valence-corrected chi connectivity index (χ4v) is 6.31. The van der Waals surface area contributed by atoms with Gasteiger partial charge < -0.3 is 29.9 Å². The smallest absolute Gasteiger partial charge is 0.407 e. The molecule has 1 heterocycles. The number of fused-ring (bicyclic) bond motifs is 1. The number of ether oxygens (including phenoxy) is 2. The van der Waals surface area contributed by atoms with Crippen LogP contribution in [-0.2, 0) is 14.3 Å². The first-order valence-corrected chi connectivity index (χ1v) is 11.7. The molecule has 2 aliphatic carbocycles. The zero-order valence-electron chi connectivity index (χ0n) is 19.4. The zero-order valence-corrected chi connectivity index (χ0v) is 19.4. The predicted molar refractivity (Wildman–Crippen MR) is 115 cm³/mol. The molecule has 0 unspecified atom stereocenters. The molecule has 2 amide bonds. The number of aliphatic hydroxyl groups excluding tert-OH is 2. The van der Waals surface area contributed by atoms with Gasteiger partial charge >= 0.3 is 6.09 Å². The second-order valence-corrected chi connectivity index (χ2v) is 10.4. The molecule has 1 aliphatic heterocycles. The summed E-state index contributed by atoms with van der Waals surface area (Å²) in [5, 5.41) is 24.1. The molecule has 0 aromatic heterocycles. The minimum Gasteiger partial charge on any atom is -0.446 e. The highest BCUT2D eigenvalue weighted by Crippen LogP contribution is 2.61. The van der Waals surface area contributed by atoms with Crippen LogP contribution in [0, 0.1) is 22.7 Å². The fourth-order valence-electron chi connectivity index (χ4n) is 6.31. The van der Waals surface area contributed by atoms with Crippen LogP contribution in [0.5, 0.6) is 0 Å². The number of hydrogen-bond donors (Lipinski definition) is 3. The van der Waals surface area contributed by atoms with Crippen molar-refractivity contribution >= 4 is 12.0 Å². The third kappa shape index (κ3) is 4.86. The second kappa shape index (κ2) is 9.63. The molecule has 0 spiro atoms. The first-order valence-electron chi connectivity index (χ1n) is 11.7. The summed E-state index contributed by atoms with van der Waals surface area (Å²) in [6.07, 6.45) is 1.56. The number of nitrogens with one attached hydrogen (secondary N) is 1. The van der Waals surface area contributed by atoms with Crippen molar-refractivity contribution in [3.05, 3.63) is 0 Å². The van der Waals surface area contributed by atoms with Crippen molar-refractivity contribution in [2.75, 3.05) is 32.9 Å². The van der Waals surface area contributed by atoms with Crippen LogP contribution in [0.1, 0.15) is 59.8 Å². The Labute approximate surface area is 185 Å². The summed E-state index contributed by atoms with van der Waals surface area (Å²) in [4.78, 5) is 27.1. The van der Waals surface area contributed by atoms with Crippen LogP contribution in [0.4, 0.5) is 4.79 Å². The summed E-state index contributed by atoms with van der Waals surface area (Å²) in [6.45, 7) is 10.1. The van der Waals surface area contributed by atoms with Crippen LogP contribution >= 0.6 is 0 Å². The van der Waals surface area contributed by atoms with E-state index < -0.39 is 23.7 Å². The van der Waals surface area contributed by atoms with Crippen molar-refractivity contribution < 1.29 is 29.3 Å². The van der Waals surface area contributed by atoms with E-state index in [0.717, 1.165) is 12.8 Å². The Morgan fingerprint density at radius 3 is 2.48 bits per heavy atom. The first kappa shape index (κ1) is 24.3. The van der Waals surface area contributed by atoms with E-state index in [4.69, 9.17) is 9.47 Å². The number of amides is 2. The molecule has 8 nitrogen and oxygen atoms in total. The van der Waals surface area contributed by atoms with Gasteiger partial charge in [0.2, 0.25) is 5.91 Å². The highest BCUT2D eigenvalue weighted by molar-refractivity contribution is 5.76. The Hall–Kier alpha value is -1.38. The molecule has 2 saturated carbocycles. The molecule has 8 heteroatoms. The van der Waals surface area contributed by atoms with Gasteiger partial charge in [0.05, 0.1) is 25.9 Å². The molecule has 3 N–H and O–H groups in total. The molecule has 0 bridgehead atoms. The van der Waals surface area contributed by atoms with Gasteiger partial charge in [-0.3, -0.25) is 4.79 Å². The fraction of sp³-hybridized carbons (Fsp3) is 0.913. The van der Waals surface area contributed by atoms with Crippen molar-refractivity contribution in [1.29, 1.82) is 0 Å². The molecular formula is C23H40N2O6. The third-order valence-electron chi connectivity index (χ3n) is 8.09. The molecule has 3 rings (SSSR count). The highest BCUT2D eigenvalue weighted by Gasteiger charge is 2.60. The maximum Gasteiger partial charge on any atom is 0.407 e. The Morgan fingerprint density at radius 2 is 1.87 bits per heavy atom. The lowest BCUT2D eigenvalue weighted by atomic mass is 9.46. The molecule has 0 aromatic carbocycles. The maximum absolute atomic E-state index is 13.0. The number of carbonyl (C=O) groups is 2. The van der Waals surface area contributed by atoms with Crippen LogP contribution in [-0.4, -0.2) is 78.3 Å². The molecule has 178 valence electrons. The normalized spacial score (nSPS) is 38.5. The number of nitrogens with zero attached hydrogens (tertiary/aromatic N) is 1. The van der Waals surface area contributed by atoms with Crippen molar-refractivity contribution in [1.82, 2.24) is 10.2 Å². The van der Waals surface area contributed by atoms with E-state index >= 15 is 0 Å². The Kier molecular flexibility index (Phi) is 7.54. The van der Waals surface area contributed by atoms with Gasteiger partial charge in [0, 0.05) is 31.0 Å². The van der Waals surface area contributed by atoms with Gasteiger partial charge in [-0.15, -0.1) is 0 Å². The molecule has 0 aromatic rings. The average Bonchev–Trinajstić information content (AvgIpc) is 2.73. The van der Waals surface area contributed by atoms with E-state index in [1.165, 1.54) is 0 Å². The third-order valence-corrected chi connectivity index (χ3v) is 8.09. The second-order valence-electron chi connectivity index (χ2n) is 10.4. The van der Waals surface area contributed by atoms with Crippen LogP contribution in [0.2, 0.25) is 0 Å². The Bertz CT molecular complexity index is 652. The van der Waals surface area contributed by atoms with E-state index in [1.807, 2.05) is 25.7 Å². The monoisotopic (exact) mass is 440 g/mol. The summed E-state index contributed by atoms with van der Waals surface area (Å²) < 4.78 is 11.1. The molecule has 3 aliphatic rings. The summed E-state index contributed by atoms with van der Waals surface area (Å²) in [5.41, 5.74) is -0.937. The van der Waals surface area contributed by atoms with Gasteiger partial charge in [-0.25, -0.2) is 4.79 Å². The van der Waals surface area contributed by atoms with Gasteiger partial charge in [-0.1, -0.05) is 13.8 Å². The lowest BCUT2D eigenvalue weighted by Gasteiger charge is -2.60. The van der Waals surface area contributed by atoms with Gasteiger partial charge in [0.25, 0.3) is 0 Å². The number of rotatable bonds is 5. The molecule has 31 heavy (non-hydrogen) atoms. The summed E-state index contributed by atoms with van der Waals surface area (Å²) in [6, 6.07) is -0.0258. The van der Waals surface area contributed by atoms with Crippen molar-refractivity contribution in [3.8, 4) is 0 Å². The largest absolute Gasteiger partial charge is 0.446 e. The van der Waals surface area contributed by atoms with E-state index in [-0.39, 0.29) is 35.8 Å². The van der Waals surface area contributed by atoms with Gasteiger partial charge in [-0.05, 0) is 56.8 Å². The lowest BCUT2D eigenvalue weighted by Crippen LogP contribution is -2.61. The number of hydrogen-bond acceptors (Lipinski definition) is 6. The van der Waals surface area contributed by atoms with Crippen LogP contribution in [0.25, 0.3) is 0 Å². The summed E-state index contributed by atoms with van der Waals surface area (Å²) in [7, 11) is 0. The molecular weight excluding hydrogens is 400 g/mol. The minimum absolute atomic E-state index is 0.0258. The predicted octanol–water partition coefficient (Wildman–Crippen LogP) is 1.92. The first-order chi connectivity index (χ1) is 14.6. The molecule has 0 radical (unpaired) electrons. The zero-order chi connectivity index (χ0) is 22.8. The molecule has 1 saturated heterocycles. The van der Waals surface area contributed by atoms with E-state index in [1.54, 1.807) is 0 Å². The number of morpholine rings is 1. The number of aliphatic hydroxyl groups is 2. The van der Waals surface area contributed by atoms with E-state index in [0.29, 0.717) is 45.6 Å². The van der Waals surface area contributed by atoms with Crippen LogP contribution < -0.4 is 5.32 Å². The molecule has 3 fully saturated rings. The Balaban J connectivity index is 1.79. The van der Waals surface area contributed by atoms with Crippen molar-refractivity contribution in [2.45, 2.75) is 78.0 Å². The summed E-state index contributed by atoms with van der Waals surface area (Å²) in [5.74, 6) is -0.0750. The highest BCUT2D eigenvalue weighted by atomic mass is 16.6. The van der Waals surface area contributed by atoms with E-state index in [2.05, 4.69) is 12.2 Å².